The molecule has 2 heterocycles. The Kier molecular flexibility index (Phi) is 8.20. The van der Waals surface area contributed by atoms with E-state index in [1.165, 1.54) is 7.11 Å². The van der Waals surface area contributed by atoms with Gasteiger partial charge in [-0.15, -0.1) is 0 Å². The predicted molar refractivity (Wildman–Crippen MR) is 133 cm³/mol. The lowest BCUT2D eigenvalue weighted by Gasteiger charge is -2.26. The monoisotopic (exact) mass is 499 g/mol. The average molecular weight is 500 g/mol. The number of ether oxygens (including phenoxy) is 1. The summed E-state index contributed by atoms with van der Waals surface area (Å²) in [6, 6.07) is 14.9. The van der Waals surface area contributed by atoms with Crippen molar-refractivity contribution in [2.24, 2.45) is 0 Å². The predicted octanol–water partition coefficient (Wildman–Crippen LogP) is 2.82. The number of esters is 1. The Balaban J connectivity index is 1.47. The Bertz CT molecular complexity index is 1150. The van der Waals surface area contributed by atoms with Gasteiger partial charge in [0.15, 0.2) is 0 Å². The third-order valence-corrected chi connectivity index (χ3v) is 8.56. The van der Waals surface area contributed by atoms with Crippen LogP contribution in [0, 0.1) is 0 Å². The van der Waals surface area contributed by atoms with Gasteiger partial charge in [0.05, 0.1) is 25.0 Å². The van der Waals surface area contributed by atoms with Gasteiger partial charge >= 0.3 is 5.97 Å². The van der Waals surface area contributed by atoms with Crippen LogP contribution in [-0.4, -0.2) is 69.3 Å². The van der Waals surface area contributed by atoms with E-state index in [1.54, 1.807) is 27.4 Å². The third kappa shape index (κ3) is 6.09. The topological polar surface area (TPSA) is 87.2 Å². The van der Waals surface area contributed by atoms with Gasteiger partial charge in [-0.25, -0.2) is 8.42 Å². The molecule has 0 N–H and O–H groups in total. The first-order valence-corrected chi connectivity index (χ1v) is 13.6. The number of anilines is 1. The number of sulfonamides is 1. The molecule has 0 radical (unpaired) electrons. The molecule has 0 aliphatic carbocycles. The van der Waals surface area contributed by atoms with Gasteiger partial charge in [0.25, 0.3) is 0 Å². The van der Waals surface area contributed by atoms with Gasteiger partial charge in [0.1, 0.15) is 0 Å². The second-order valence-corrected chi connectivity index (χ2v) is 11.0. The molecule has 1 saturated heterocycles. The average Bonchev–Trinajstić information content (AvgIpc) is 3.32. The maximum Gasteiger partial charge on any atom is 0.306 e. The Hall–Kier alpha value is -2.75. The van der Waals surface area contributed by atoms with E-state index in [9.17, 15) is 18.0 Å². The van der Waals surface area contributed by atoms with E-state index >= 15 is 0 Å². The first-order chi connectivity index (χ1) is 16.9. The largest absolute Gasteiger partial charge is 0.469 e. The lowest BCUT2D eigenvalue weighted by atomic mass is 10.2. The number of hydrogen-bond donors (Lipinski definition) is 0. The number of benzene rings is 2. The number of carbonyl (C=O) groups excluding carboxylic acids is 2. The van der Waals surface area contributed by atoms with Gasteiger partial charge in [-0.1, -0.05) is 36.8 Å². The minimum atomic E-state index is -3.52. The molecule has 0 aromatic heterocycles. The van der Waals surface area contributed by atoms with Crippen LogP contribution in [0.3, 0.4) is 0 Å². The van der Waals surface area contributed by atoms with E-state index in [2.05, 4.69) is 0 Å². The second-order valence-electron chi connectivity index (χ2n) is 9.07. The zero-order valence-electron chi connectivity index (χ0n) is 20.2. The highest BCUT2D eigenvalue weighted by atomic mass is 32.2. The molecule has 0 unspecified atom stereocenters. The van der Waals surface area contributed by atoms with Gasteiger partial charge in [0.2, 0.25) is 15.9 Å². The summed E-state index contributed by atoms with van der Waals surface area (Å²) < 4.78 is 32.5. The van der Waals surface area contributed by atoms with Gasteiger partial charge in [0, 0.05) is 38.4 Å². The van der Waals surface area contributed by atoms with Gasteiger partial charge in [-0.05, 0) is 48.6 Å². The standard InChI is InChI=1S/C26H33N3O5S/c1-34-26(31)13-16-27(19-21-8-4-2-5-9-21)20-25(30)29-17-12-22-18-23(10-11-24(22)29)35(32,33)28-14-6-3-7-15-28/h2,4-5,8-11,18H,3,6-7,12-17,19-20H2,1H3. The zero-order valence-corrected chi connectivity index (χ0v) is 21.0. The SMILES string of the molecule is COC(=O)CCN(CC(=O)N1CCc2cc(S(=O)(=O)N3CCCCC3)ccc21)Cc1ccccc1. The quantitative estimate of drug-likeness (QED) is 0.493. The molecule has 2 aliphatic rings. The number of carbonyl (C=O) groups is 2. The van der Waals surface area contributed by atoms with Crippen LogP contribution in [0.1, 0.15) is 36.8 Å². The molecule has 35 heavy (non-hydrogen) atoms. The maximum atomic E-state index is 13.3. The number of piperidine rings is 1. The molecule has 8 nitrogen and oxygen atoms in total. The summed E-state index contributed by atoms with van der Waals surface area (Å²) in [5.74, 6) is -0.388. The van der Waals surface area contributed by atoms with E-state index < -0.39 is 10.0 Å². The molecule has 0 spiro atoms. The molecule has 1 fully saturated rings. The first-order valence-electron chi connectivity index (χ1n) is 12.1. The molecule has 1 amide bonds. The van der Waals surface area contributed by atoms with Crippen molar-refractivity contribution in [3.05, 3.63) is 59.7 Å². The Morgan fingerprint density at radius 1 is 1.00 bits per heavy atom. The van der Waals surface area contributed by atoms with Crippen molar-refractivity contribution in [1.82, 2.24) is 9.21 Å². The Morgan fingerprint density at radius 2 is 1.74 bits per heavy atom. The van der Waals surface area contributed by atoms with Crippen molar-refractivity contribution in [3.8, 4) is 0 Å². The summed E-state index contributed by atoms with van der Waals surface area (Å²) in [6.45, 7) is 2.73. The molecule has 0 atom stereocenters. The van der Waals surface area contributed by atoms with E-state index in [-0.39, 0.29) is 24.8 Å². The molecule has 0 bridgehead atoms. The van der Waals surface area contributed by atoms with Crippen molar-refractivity contribution in [2.75, 3.05) is 44.7 Å². The molecule has 188 valence electrons. The van der Waals surface area contributed by atoms with E-state index in [0.717, 1.165) is 36.1 Å². The molecular formula is C26H33N3O5S. The van der Waals surface area contributed by atoms with Gasteiger partial charge < -0.3 is 9.64 Å². The van der Waals surface area contributed by atoms with Crippen LogP contribution in [-0.2, 0) is 37.3 Å². The van der Waals surface area contributed by atoms with E-state index in [0.29, 0.717) is 44.0 Å². The molecule has 0 saturated carbocycles. The summed E-state index contributed by atoms with van der Waals surface area (Å²) in [5, 5.41) is 0. The summed E-state index contributed by atoms with van der Waals surface area (Å²) in [7, 11) is -2.16. The van der Waals surface area contributed by atoms with E-state index in [4.69, 9.17) is 4.74 Å². The van der Waals surface area contributed by atoms with Crippen molar-refractivity contribution >= 4 is 27.6 Å². The lowest BCUT2D eigenvalue weighted by Crippen LogP contribution is -2.40. The summed E-state index contributed by atoms with van der Waals surface area (Å²) in [5.41, 5.74) is 2.69. The normalized spacial score (nSPS) is 16.3. The smallest absolute Gasteiger partial charge is 0.306 e. The van der Waals surface area contributed by atoms with Crippen molar-refractivity contribution in [1.29, 1.82) is 0 Å². The molecule has 2 aliphatic heterocycles. The number of hydrogen-bond acceptors (Lipinski definition) is 6. The zero-order chi connectivity index (χ0) is 24.8. The van der Waals surface area contributed by atoms with E-state index in [1.807, 2.05) is 35.2 Å². The summed E-state index contributed by atoms with van der Waals surface area (Å²) in [4.78, 5) is 29.0. The van der Waals surface area contributed by atoms with Crippen LogP contribution in [0.4, 0.5) is 5.69 Å². The second kappa shape index (κ2) is 11.3. The first kappa shape index (κ1) is 25.3. The minimum Gasteiger partial charge on any atom is -0.469 e. The molecule has 2 aromatic rings. The Morgan fingerprint density at radius 3 is 2.46 bits per heavy atom. The van der Waals surface area contributed by atoms with Crippen LogP contribution < -0.4 is 4.90 Å². The van der Waals surface area contributed by atoms with Crippen LogP contribution >= 0.6 is 0 Å². The highest BCUT2D eigenvalue weighted by molar-refractivity contribution is 7.89. The summed E-state index contributed by atoms with van der Waals surface area (Å²) >= 11 is 0. The Labute approximate surface area is 207 Å². The van der Waals surface area contributed by atoms with Gasteiger partial charge in [-0.2, -0.15) is 4.31 Å². The molecular weight excluding hydrogens is 466 g/mol. The maximum absolute atomic E-state index is 13.3. The highest BCUT2D eigenvalue weighted by Crippen LogP contribution is 2.32. The molecule has 2 aromatic carbocycles. The van der Waals surface area contributed by atoms with Crippen LogP contribution in [0.2, 0.25) is 0 Å². The number of amides is 1. The fourth-order valence-corrected chi connectivity index (χ4v) is 6.30. The van der Waals surface area contributed by atoms with Gasteiger partial charge in [-0.3, -0.25) is 14.5 Å². The fraction of sp³-hybridized carbons (Fsp3) is 0.462. The number of nitrogens with zero attached hydrogens (tertiary/aromatic N) is 3. The lowest BCUT2D eigenvalue weighted by molar-refractivity contribution is -0.141. The minimum absolute atomic E-state index is 0.0730. The van der Waals surface area contributed by atoms with Crippen molar-refractivity contribution in [2.45, 2.75) is 43.5 Å². The highest BCUT2D eigenvalue weighted by Gasteiger charge is 2.30. The van der Waals surface area contributed by atoms with Crippen molar-refractivity contribution in [3.63, 3.8) is 0 Å². The van der Waals surface area contributed by atoms with Crippen LogP contribution in [0.25, 0.3) is 0 Å². The number of rotatable bonds is 9. The summed E-state index contributed by atoms with van der Waals surface area (Å²) in [6.07, 6.45) is 3.66. The fourth-order valence-electron chi connectivity index (χ4n) is 4.74. The molecule has 9 heteroatoms. The third-order valence-electron chi connectivity index (χ3n) is 6.67. The number of methoxy groups -OCH3 is 1. The number of fused-ring (bicyclic) bond motifs is 1. The van der Waals surface area contributed by atoms with Crippen LogP contribution in [0.5, 0.6) is 0 Å². The van der Waals surface area contributed by atoms with Crippen LogP contribution in [0.15, 0.2) is 53.4 Å². The van der Waals surface area contributed by atoms with Crippen molar-refractivity contribution < 1.29 is 22.7 Å². The molecule has 4 rings (SSSR count).